The van der Waals surface area contributed by atoms with Gasteiger partial charge in [-0.05, 0) is 73.0 Å². The molecule has 30 heavy (non-hydrogen) atoms. The van der Waals surface area contributed by atoms with E-state index in [-0.39, 0.29) is 0 Å². The highest BCUT2D eigenvalue weighted by molar-refractivity contribution is 8.04. The molecule has 1 aromatic carbocycles. The lowest BCUT2D eigenvalue weighted by molar-refractivity contribution is 0.356. The first-order chi connectivity index (χ1) is 14.6. The fourth-order valence-corrected chi connectivity index (χ4v) is 4.58. The number of benzene rings is 1. The molecule has 4 nitrogen and oxygen atoms in total. The first-order valence-corrected chi connectivity index (χ1v) is 11.7. The summed E-state index contributed by atoms with van der Waals surface area (Å²) in [4.78, 5) is 8.71. The van der Waals surface area contributed by atoms with Gasteiger partial charge in [0.2, 0.25) is 0 Å². The summed E-state index contributed by atoms with van der Waals surface area (Å²) < 4.78 is 0. The molecule has 0 radical (unpaired) electrons. The van der Waals surface area contributed by atoms with Gasteiger partial charge in [0.05, 0.1) is 12.2 Å². The second-order valence-corrected chi connectivity index (χ2v) is 8.80. The third-order valence-electron chi connectivity index (χ3n) is 5.73. The van der Waals surface area contributed by atoms with Crippen LogP contribution in [0.4, 0.5) is 0 Å². The topological polar surface area (TPSA) is 30.9 Å². The van der Waals surface area contributed by atoms with Gasteiger partial charge in [-0.1, -0.05) is 37.8 Å². The first kappa shape index (κ1) is 22.4. The van der Waals surface area contributed by atoms with Crippen LogP contribution in [-0.2, 0) is 13.0 Å². The number of hydrogen-bond acceptors (Lipinski definition) is 5. The van der Waals surface area contributed by atoms with Crippen LogP contribution in [0, 0.1) is 5.92 Å². The molecular weight excluding hydrogens is 388 g/mol. The van der Waals surface area contributed by atoms with Crippen LogP contribution in [0.3, 0.4) is 0 Å². The summed E-state index contributed by atoms with van der Waals surface area (Å²) in [5, 5.41) is 7.75. The SMILES string of the molecule is C=N/C(=C\N(CC1=CSC=CC(=C)N1C)Cc1cccc(CC2CCNC2)c1)CC. The summed E-state index contributed by atoms with van der Waals surface area (Å²) in [5.41, 5.74) is 5.99. The third-order valence-corrected chi connectivity index (χ3v) is 6.43. The highest BCUT2D eigenvalue weighted by atomic mass is 32.2. The molecular formula is C25H34N4S. The molecule has 2 aliphatic rings. The Balaban J connectivity index is 1.77. The minimum Gasteiger partial charge on any atom is -0.366 e. The van der Waals surface area contributed by atoms with E-state index in [1.807, 2.05) is 0 Å². The number of rotatable bonds is 9. The molecule has 3 rings (SSSR count). The third kappa shape index (κ3) is 6.38. The van der Waals surface area contributed by atoms with E-state index in [9.17, 15) is 0 Å². The van der Waals surface area contributed by atoms with E-state index >= 15 is 0 Å². The summed E-state index contributed by atoms with van der Waals surface area (Å²) in [6.07, 6.45) is 7.51. The van der Waals surface area contributed by atoms with Crippen LogP contribution >= 0.6 is 11.8 Å². The second kappa shape index (κ2) is 11.2. The molecule has 0 amide bonds. The lowest BCUT2D eigenvalue weighted by atomic mass is 9.97. The largest absolute Gasteiger partial charge is 0.366 e. The van der Waals surface area contributed by atoms with Gasteiger partial charge in [-0.15, -0.1) is 11.8 Å². The van der Waals surface area contributed by atoms with E-state index < -0.39 is 0 Å². The molecule has 1 aromatic rings. The van der Waals surface area contributed by atoms with E-state index in [0.717, 1.165) is 56.3 Å². The molecule has 1 unspecified atom stereocenters. The molecule has 160 valence electrons. The van der Waals surface area contributed by atoms with Gasteiger partial charge in [-0.25, -0.2) is 0 Å². The first-order valence-electron chi connectivity index (χ1n) is 10.7. The van der Waals surface area contributed by atoms with Crippen LogP contribution in [0.5, 0.6) is 0 Å². The maximum Gasteiger partial charge on any atom is 0.0586 e. The Kier molecular flexibility index (Phi) is 8.40. The molecule has 1 N–H and O–H groups in total. The number of nitrogens with one attached hydrogen (secondary N) is 1. The second-order valence-electron chi connectivity index (χ2n) is 8.02. The quantitative estimate of drug-likeness (QED) is 0.558. The minimum absolute atomic E-state index is 0.758. The van der Waals surface area contributed by atoms with Crippen LogP contribution in [0.2, 0.25) is 0 Å². The fourth-order valence-electron chi connectivity index (χ4n) is 3.88. The smallest absolute Gasteiger partial charge is 0.0586 e. The average molecular weight is 423 g/mol. The standard InChI is InChI=1S/C25H34N4S/c1-5-24(26-3)17-29(18-25-19-30-12-10-20(2)28(25)4)16-23-8-6-7-21(14-23)13-22-9-11-27-15-22/h6-8,10,12,14,17,19,22,27H,2-3,5,9,11,13,15-16,18H2,1,4H3/b24-17-. The lowest BCUT2D eigenvalue weighted by Crippen LogP contribution is -2.27. The molecule has 0 saturated carbocycles. The van der Waals surface area contributed by atoms with E-state index in [1.165, 1.54) is 23.2 Å². The summed E-state index contributed by atoms with van der Waals surface area (Å²) in [6, 6.07) is 9.05. The van der Waals surface area contributed by atoms with Crippen molar-refractivity contribution in [3.8, 4) is 0 Å². The van der Waals surface area contributed by atoms with Crippen molar-refractivity contribution >= 4 is 18.5 Å². The zero-order chi connectivity index (χ0) is 21.3. The van der Waals surface area contributed by atoms with Crippen molar-refractivity contribution in [2.75, 3.05) is 26.7 Å². The zero-order valence-electron chi connectivity index (χ0n) is 18.3. The molecule has 5 heteroatoms. The Morgan fingerprint density at radius 2 is 2.20 bits per heavy atom. The fraction of sp³-hybridized carbons (Fsp3) is 0.400. The van der Waals surface area contributed by atoms with Crippen LogP contribution in [0.1, 0.15) is 30.9 Å². The van der Waals surface area contributed by atoms with Crippen molar-refractivity contribution in [2.24, 2.45) is 10.9 Å². The number of nitrogens with zero attached hydrogens (tertiary/aromatic N) is 3. The summed E-state index contributed by atoms with van der Waals surface area (Å²) in [6.45, 7) is 14.0. The number of likely N-dealkylation sites (N-methyl/N-ethyl adjacent to an activating group) is 1. The Labute approximate surface area is 186 Å². The van der Waals surface area contributed by atoms with Crippen molar-refractivity contribution in [1.29, 1.82) is 0 Å². The maximum absolute atomic E-state index is 4.21. The van der Waals surface area contributed by atoms with Crippen molar-refractivity contribution in [3.05, 3.63) is 82.2 Å². The summed E-state index contributed by atoms with van der Waals surface area (Å²) >= 11 is 1.70. The predicted octanol–water partition coefficient (Wildman–Crippen LogP) is 5.14. The molecule has 2 aliphatic heterocycles. The minimum atomic E-state index is 0.758. The van der Waals surface area contributed by atoms with Gasteiger partial charge >= 0.3 is 0 Å². The van der Waals surface area contributed by atoms with Crippen LogP contribution in [-0.4, -0.2) is 43.2 Å². The highest BCUT2D eigenvalue weighted by Crippen LogP contribution is 2.24. The molecule has 1 saturated heterocycles. The number of allylic oxidation sites excluding steroid dienone is 2. The predicted molar refractivity (Wildman–Crippen MR) is 131 cm³/mol. The van der Waals surface area contributed by atoms with Crippen LogP contribution in [0.15, 0.2) is 76.0 Å². The van der Waals surface area contributed by atoms with E-state index in [4.69, 9.17) is 0 Å². The van der Waals surface area contributed by atoms with Gasteiger partial charge in [-0.2, -0.15) is 0 Å². The summed E-state index contributed by atoms with van der Waals surface area (Å²) in [7, 11) is 2.08. The van der Waals surface area contributed by atoms with Crippen molar-refractivity contribution in [2.45, 2.75) is 32.7 Å². The van der Waals surface area contributed by atoms with Gasteiger partial charge in [0.15, 0.2) is 0 Å². The van der Waals surface area contributed by atoms with Gasteiger partial charge in [0.25, 0.3) is 0 Å². The number of thioether (sulfide) groups is 1. The van der Waals surface area contributed by atoms with Gasteiger partial charge in [-0.3, -0.25) is 4.99 Å². The van der Waals surface area contributed by atoms with E-state index in [2.05, 4.69) is 94.7 Å². The van der Waals surface area contributed by atoms with Gasteiger partial charge < -0.3 is 15.1 Å². The van der Waals surface area contributed by atoms with Crippen molar-refractivity contribution in [3.63, 3.8) is 0 Å². The normalized spacial score (nSPS) is 19.6. The van der Waals surface area contributed by atoms with E-state index in [0.29, 0.717) is 0 Å². The Hall–Kier alpha value is -2.24. The van der Waals surface area contributed by atoms with Crippen LogP contribution < -0.4 is 5.32 Å². The summed E-state index contributed by atoms with van der Waals surface area (Å²) in [5.74, 6) is 0.758. The molecule has 0 spiro atoms. The molecule has 2 heterocycles. The molecule has 1 fully saturated rings. The average Bonchev–Trinajstić information content (AvgIpc) is 3.20. The Morgan fingerprint density at radius 1 is 1.37 bits per heavy atom. The monoisotopic (exact) mass is 422 g/mol. The van der Waals surface area contributed by atoms with Crippen LogP contribution in [0.25, 0.3) is 0 Å². The highest BCUT2D eigenvalue weighted by Gasteiger charge is 2.16. The number of hydrogen-bond donors (Lipinski definition) is 1. The zero-order valence-corrected chi connectivity index (χ0v) is 19.1. The molecule has 0 aromatic heterocycles. The Morgan fingerprint density at radius 3 is 2.93 bits per heavy atom. The molecule has 0 bridgehead atoms. The van der Waals surface area contributed by atoms with E-state index in [1.54, 1.807) is 11.8 Å². The maximum atomic E-state index is 4.21. The van der Waals surface area contributed by atoms with Gasteiger partial charge in [0, 0.05) is 31.2 Å². The van der Waals surface area contributed by atoms with Gasteiger partial charge in [0.1, 0.15) is 0 Å². The molecule has 1 atom stereocenters. The Bertz CT molecular complexity index is 833. The van der Waals surface area contributed by atoms with Crippen molar-refractivity contribution in [1.82, 2.24) is 15.1 Å². The number of aliphatic imine (C=N–C) groups is 1. The lowest BCUT2D eigenvalue weighted by Gasteiger charge is -2.28. The molecule has 0 aliphatic carbocycles. The van der Waals surface area contributed by atoms with Crippen molar-refractivity contribution < 1.29 is 0 Å².